The lowest BCUT2D eigenvalue weighted by atomic mass is 10.1. The van der Waals surface area contributed by atoms with Crippen LogP contribution in [-0.2, 0) is 18.4 Å². The van der Waals surface area contributed by atoms with Crippen LogP contribution in [-0.4, -0.2) is 31.4 Å². The van der Waals surface area contributed by atoms with Gasteiger partial charge in [0.2, 0.25) is 5.90 Å². The first kappa shape index (κ1) is 23.4. The molecule has 3 aromatic rings. The third-order valence-corrected chi connectivity index (χ3v) is 4.86. The standard InChI is InChI=1S/C24H26N6O3/c1-6-14-32-20-12-9-11-19(15-20)18(4)25-26-23(7-2)33-16-21-17(3)10-8-13-22(21)30-24(31)29(5)27-28-30/h8-15H,1,7,16H2,2-5H3/b25-18+,26-23+. The molecule has 3 rings (SSSR count). The summed E-state index contributed by atoms with van der Waals surface area (Å²) in [5.41, 5.74) is 6.22. The summed E-state index contributed by atoms with van der Waals surface area (Å²) in [6.45, 7) is 9.44. The van der Waals surface area contributed by atoms with E-state index in [1.807, 2.05) is 63.2 Å². The van der Waals surface area contributed by atoms with E-state index in [-0.39, 0.29) is 12.3 Å². The van der Waals surface area contributed by atoms with Gasteiger partial charge in [0.05, 0.1) is 11.4 Å². The van der Waals surface area contributed by atoms with E-state index < -0.39 is 0 Å². The lowest BCUT2D eigenvalue weighted by molar-refractivity contribution is 0.282. The Hall–Kier alpha value is -4.23. The highest BCUT2D eigenvalue weighted by Gasteiger charge is 2.14. The second-order valence-corrected chi connectivity index (χ2v) is 7.16. The molecule has 2 aromatic carbocycles. The summed E-state index contributed by atoms with van der Waals surface area (Å²) in [6, 6.07) is 13.1. The largest absolute Gasteiger partial charge is 0.475 e. The molecule has 0 aliphatic heterocycles. The Labute approximate surface area is 192 Å². The van der Waals surface area contributed by atoms with Gasteiger partial charge >= 0.3 is 5.69 Å². The van der Waals surface area contributed by atoms with Crippen molar-refractivity contribution in [3.05, 3.63) is 88.2 Å². The number of hydrogen-bond acceptors (Lipinski definition) is 7. The first-order valence-corrected chi connectivity index (χ1v) is 10.4. The van der Waals surface area contributed by atoms with E-state index >= 15 is 0 Å². The number of nitrogens with zero attached hydrogens (tertiary/aromatic N) is 6. The number of benzene rings is 2. The molecule has 0 atom stereocenters. The minimum Gasteiger partial charge on any atom is -0.475 e. The Balaban J connectivity index is 1.80. The molecule has 1 aromatic heterocycles. The maximum Gasteiger partial charge on any atom is 0.368 e. The zero-order valence-electron chi connectivity index (χ0n) is 19.1. The van der Waals surface area contributed by atoms with Gasteiger partial charge < -0.3 is 9.47 Å². The average molecular weight is 447 g/mol. The minimum absolute atomic E-state index is 0.212. The van der Waals surface area contributed by atoms with Gasteiger partial charge in [0.1, 0.15) is 18.6 Å². The van der Waals surface area contributed by atoms with Crippen LogP contribution in [0.3, 0.4) is 0 Å². The summed E-state index contributed by atoms with van der Waals surface area (Å²) in [5.74, 6) is 1.12. The van der Waals surface area contributed by atoms with E-state index in [4.69, 9.17) is 9.47 Å². The average Bonchev–Trinajstić information content (AvgIpc) is 3.16. The van der Waals surface area contributed by atoms with Gasteiger partial charge in [-0.05, 0) is 48.0 Å². The highest BCUT2D eigenvalue weighted by Crippen LogP contribution is 2.19. The molecule has 9 heteroatoms. The predicted molar refractivity (Wildman–Crippen MR) is 127 cm³/mol. The van der Waals surface area contributed by atoms with E-state index in [1.165, 1.54) is 15.6 Å². The van der Waals surface area contributed by atoms with Gasteiger partial charge in [0.15, 0.2) is 0 Å². The van der Waals surface area contributed by atoms with Crippen molar-refractivity contribution in [3.8, 4) is 11.4 Å². The van der Waals surface area contributed by atoms with Crippen molar-refractivity contribution < 1.29 is 9.47 Å². The molecule has 0 aliphatic rings. The van der Waals surface area contributed by atoms with E-state index in [0.29, 0.717) is 29.5 Å². The van der Waals surface area contributed by atoms with Crippen molar-refractivity contribution in [2.75, 3.05) is 0 Å². The first-order chi connectivity index (χ1) is 15.9. The molecule has 1 heterocycles. The van der Waals surface area contributed by atoms with Crippen LogP contribution in [0.5, 0.6) is 5.75 Å². The van der Waals surface area contributed by atoms with Crippen LogP contribution in [0.25, 0.3) is 5.69 Å². The Morgan fingerprint density at radius 2 is 2.00 bits per heavy atom. The monoisotopic (exact) mass is 446 g/mol. The molecule has 0 aliphatic carbocycles. The van der Waals surface area contributed by atoms with Gasteiger partial charge in [0, 0.05) is 24.6 Å². The molecule has 0 saturated carbocycles. The zero-order chi connectivity index (χ0) is 23.8. The first-order valence-electron chi connectivity index (χ1n) is 10.4. The van der Waals surface area contributed by atoms with Gasteiger partial charge in [-0.3, -0.25) is 0 Å². The SMILES string of the molecule is C=C=COc1cccc(/C(C)=N/N=C(\CC)OCc2c(C)cccc2-n2nnn(C)c2=O)c1. The predicted octanol–water partition coefficient (Wildman–Crippen LogP) is 3.70. The van der Waals surface area contributed by atoms with Crippen LogP contribution in [0.4, 0.5) is 0 Å². The van der Waals surface area contributed by atoms with Gasteiger partial charge in [0.25, 0.3) is 0 Å². The smallest absolute Gasteiger partial charge is 0.368 e. The maximum absolute atomic E-state index is 12.3. The minimum atomic E-state index is -0.332. The fourth-order valence-corrected chi connectivity index (χ4v) is 2.99. The van der Waals surface area contributed by atoms with Crippen molar-refractivity contribution in [2.24, 2.45) is 17.3 Å². The lowest BCUT2D eigenvalue weighted by Gasteiger charge is -2.13. The summed E-state index contributed by atoms with van der Waals surface area (Å²) in [4.78, 5) is 12.3. The Bertz CT molecular complexity index is 1300. The van der Waals surface area contributed by atoms with E-state index in [0.717, 1.165) is 16.7 Å². The molecule has 0 spiro atoms. The number of rotatable bonds is 8. The maximum atomic E-state index is 12.3. The van der Waals surface area contributed by atoms with Crippen molar-refractivity contribution >= 4 is 11.6 Å². The molecule has 0 fully saturated rings. The van der Waals surface area contributed by atoms with Crippen molar-refractivity contribution in [1.82, 2.24) is 19.8 Å². The second-order valence-electron chi connectivity index (χ2n) is 7.16. The normalized spacial score (nSPS) is 11.8. The Morgan fingerprint density at radius 1 is 1.21 bits per heavy atom. The Morgan fingerprint density at radius 3 is 2.70 bits per heavy atom. The van der Waals surface area contributed by atoms with Crippen molar-refractivity contribution in [1.29, 1.82) is 0 Å². The summed E-state index contributed by atoms with van der Waals surface area (Å²) in [6.07, 6.45) is 1.94. The molecule has 0 saturated heterocycles. The molecule has 0 bridgehead atoms. The Kier molecular flexibility index (Phi) is 7.73. The lowest BCUT2D eigenvalue weighted by Crippen LogP contribution is -2.23. The molecule has 170 valence electrons. The summed E-state index contributed by atoms with van der Waals surface area (Å²) >= 11 is 0. The number of ether oxygens (including phenoxy) is 2. The van der Waals surface area contributed by atoms with Crippen LogP contribution in [0.1, 0.15) is 37.0 Å². The molecule has 33 heavy (non-hydrogen) atoms. The van der Waals surface area contributed by atoms with Crippen LogP contribution >= 0.6 is 0 Å². The highest BCUT2D eigenvalue weighted by molar-refractivity contribution is 5.99. The van der Waals surface area contributed by atoms with Crippen LogP contribution in [0.2, 0.25) is 0 Å². The third kappa shape index (κ3) is 5.72. The molecular formula is C24H26N6O3. The van der Waals surface area contributed by atoms with Gasteiger partial charge in [-0.2, -0.15) is 14.5 Å². The fourth-order valence-electron chi connectivity index (χ4n) is 2.99. The zero-order valence-corrected chi connectivity index (χ0v) is 19.1. The quantitative estimate of drug-likeness (QED) is 0.173. The summed E-state index contributed by atoms with van der Waals surface area (Å²) < 4.78 is 13.8. The molecule has 0 unspecified atom stereocenters. The van der Waals surface area contributed by atoms with E-state index in [1.54, 1.807) is 7.05 Å². The van der Waals surface area contributed by atoms with Crippen molar-refractivity contribution in [2.45, 2.75) is 33.8 Å². The van der Waals surface area contributed by atoms with Crippen LogP contribution in [0.15, 0.2) is 76.0 Å². The fraction of sp³-hybridized carbons (Fsp3) is 0.250. The number of aromatic nitrogens is 4. The summed E-state index contributed by atoms with van der Waals surface area (Å²) in [5, 5.41) is 16.3. The number of tetrazole rings is 1. The second kappa shape index (κ2) is 10.9. The summed E-state index contributed by atoms with van der Waals surface area (Å²) in [7, 11) is 1.55. The molecule has 0 radical (unpaired) electrons. The number of aryl methyl sites for hydroxylation is 2. The van der Waals surface area contributed by atoms with E-state index in [2.05, 4.69) is 32.9 Å². The highest BCUT2D eigenvalue weighted by atomic mass is 16.5. The molecule has 0 N–H and O–H groups in total. The van der Waals surface area contributed by atoms with Gasteiger partial charge in [-0.25, -0.2) is 4.79 Å². The van der Waals surface area contributed by atoms with Crippen LogP contribution in [0, 0.1) is 6.92 Å². The van der Waals surface area contributed by atoms with Crippen LogP contribution < -0.4 is 10.4 Å². The third-order valence-electron chi connectivity index (χ3n) is 4.86. The molecular weight excluding hydrogens is 420 g/mol. The topological polar surface area (TPSA) is 95.9 Å². The van der Waals surface area contributed by atoms with Crippen molar-refractivity contribution in [3.63, 3.8) is 0 Å². The molecule has 0 amide bonds. The van der Waals surface area contributed by atoms with Gasteiger partial charge in [-0.15, -0.1) is 5.10 Å². The van der Waals surface area contributed by atoms with Gasteiger partial charge in [-0.1, -0.05) is 43.5 Å². The number of hydrogen-bond donors (Lipinski definition) is 0. The van der Waals surface area contributed by atoms with E-state index in [9.17, 15) is 4.79 Å². The molecule has 9 nitrogen and oxygen atoms in total.